The molecule has 1 rings (SSSR count). The Balaban J connectivity index is 2.53. The molecule has 0 aromatic rings. The van der Waals surface area contributed by atoms with Gasteiger partial charge in [0.25, 0.3) is 0 Å². The zero-order chi connectivity index (χ0) is 7.56. The molecule has 1 atom stereocenters. The molecule has 3 nitrogen and oxygen atoms in total. The summed E-state index contributed by atoms with van der Waals surface area (Å²) >= 11 is 0. The van der Waals surface area contributed by atoms with Crippen LogP contribution in [0.3, 0.4) is 0 Å². The molecule has 1 N–H and O–H groups in total. The quantitative estimate of drug-likeness (QED) is 0.554. The van der Waals surface area contributed by atoms with E-state index in [9.17, 15) is 4.79 Å². The molecule has 0 aliphatic carbocycles. The van der Waals surface area contributed by atoms with Crippen molar-refractivity contribution in [1.82, 2.24) is 4.90 Å². The molecular formula is C7H11NO2. The van der Waals surface area contributed by atoms with Gasteiger partial charge in [0.15, 0.2) is 0 Å². The van der Waals surface area contributed by atoms with E-state index < -0.39 is 6.23 Å². The van der Waals surface area contributed by atoms with Crippen molar-refractivity contribution in [3.8, 4) is 0 Å². The van der Waals surface area contributed by atoms with Crippen molar-refractivity contribution in [2.24, 2.45) is 0 Å². The van der Waals surface area contributed by atoms with Gasteiger partial charge in [0.2, 0.25) is 5.91 Å². The predicted octanol–water partition coefficient (Wildman–Crippen LogP) is 0.113. The highest BCUT2D eigenvalue weighted by molar-refractivity contribution is 5.78. The molecule has 10 heavy (non-hydrogen) atoms. The van der Waals surface area contributed by atoms with Gasteiger partial charge in [0.05, 0.1) is 0 Å². The number of carbonyl (C=O) groups is 1. The van der Waals surface area contributed by atoms with Crippen LogP contribution in [0.15, 0.2) is 12.7 Å². The molecule has 1 fully saturated rings. The lowest BCUT2D eigenvalue weighted by Crippen LogP contribution is -2.32. The fourth-order valence-corrected chi connectivity index (χ4v) is 1.08. The van der Waals surface area contributed by atoms with Crippen LogP contribution < -0.4 is 0 Å². The van der Waals surface area contributed by atoms with Gasteiger partial charge in [-0.05, 0) is 0 Å². The second-order valence-electron chi connectivity index (χ2n) is 2.35. The molecule has 3 heteroatoms. The number of rotatable bonds is 2. The normalized spacial score (nSPS) is 25.5. The van der Waals surface area contributed by atoms with Crippen LogP contribution in [-0.2, 0) is 4.79 Å². The van der Waals surface area contributed by atoms with Crippen LogP contribution in [0.25, 0.3) is 0 Å². The Morgan fingerprint density at radius 3 is 3.00 bits per heavy atom. The first kappa shape index (κ1) is 7.28. The van der Waals surface area contributed by atoms with Crippen molar-refractivity contribution in [1.29, 1.82) is 0 Å². The van der Waals surface area contributed by atoms with E-state index in [1.165, 1.54) is 4.90 Å². The summed E-state index contributed by atoms with van der Waals surface area (Å²) in [6, 6.07) is 0. The minimum absolute atomic E-state index is 0.0207. The second-order valence-corrected chi connectivity index (χ2v) is 2.35. The second kappa shape index (κ2) is 2.84. The van der Waals surface area contributed by atoms with Crippen LogP contribution in [0.2, 0.25) is 0 Å². The average Bonchev–Trinajstić information content (AvgIpc) is 2.20. The maximum absolute atomic E-state index is 10.9. The Kier molecular flexibility index (Phi) is 2.06. The summed E-state index contributed by atoms with van der Waals surface area (Å²) in [6.07, 6.45) is 2.07. The molecular weight excluding hydrogens is 130 g/mol. The molecule has 0 bridgehead atoms. The van der Waals surface area contributed by atoms with Gasteiger partial charge in [-0.15, -0.1) is 6.58 Å². The van der Waals surface area contributed by atoms with Gasteiger partial charge >= 0.3 is 0 Å². The first-order valence-electron chi connectivity index (χ1n) is 3.34. The number of aliphatic hydroxyl groups is 1. The van der Waals surface area contributed by atoms with E-state index in [0.29, 0.717) is 19.4 Å². The van der Waals surface area contributed by atoms with E-state index >= 15 is 0 Å². The van der Waals surface area contributed by atoms with Crippen molar-refractivity contribution in [3.05, 3.63) is 12.7 Å². The van der Waals surface area contributed by atoms with Crippen LogP contribution in [0, 0.1) is 0 Å². The molecule has 0 saturated carbocycles. The highest BCUT2D eigenvalue weighted by atomic mass is 16.3. The minimum Gasteiger partial charge on any atom is -0.373 e. The number of amides is 1. The number of carbonyl (C=O) groups excluding carboxylic acids is 1. The molecule has 56 valence electrons. The summed E-state index contributed by atoms with van der Waals surface area (Å²) in [4.78, 5) is 12.3. The first-order chi connectivity index (χ1) is 4.75. The Morgan fingerprint density at radius 1 is 1.90 bits per heavy atom. The number of aliphatic hydroxyl groups excluding tert-OH is 1. The summed E-state index contributed by atoms with van der Waals surface area (Å²) < 4.78 is 0. The Bertz CT molecular complexity index is 156. The third-order valence-corrected chi connectivity index (χ3v) is 1.62. The largest absolute Gasteiger partial charge is 0.373 e. The van der Waals surface area contributed by atoms with Crippen LogP contribution in [0.1, 0.15) is 12.8 Å². The maximum Gasteiger partial charge on any atom is 0.225 e. The lowest BCUT2D eigenvalue weighted by Gasteiger charge is -2.17. The zero-order valence-corrected chi connectivity index (χ0v) is 5.79. The third-order valence-electron chi connectivity index (χ3n) is 1.62. The van der Waals surface area contributed by atoms with Gasteiger partial charge in [-0.1, -0.05) is 6.08 Å². The van der Waals surface area contributed by atoms with Crippen molar-refractivity contribution >= 4 is 5.91 Å². The predicted molar refractivity (Wildman–Crippen MR) is 37.2 cm³/mol. The number of nitrogens with zero attached hydrogens (tertiary/aromatic N) is 1. The third kappa shape index (κ3) is 1.19. The van der Waals surface area contributed by atoms with Crippen LogP contribution >= 0.6 is 0 Å². The van der Waals surface area contributed by atoms with Gasteiger partial charge in [0, 0.05) is 19.4 Å². The molecule has 0 spiro atoms. The average molecular weight is 141 g/mol. The summed E-state index contributed by atoms with van der Waals surface area (Å²) in [7, 11) is 0. The minimum atomic E-state index is -0.578. The highest BCUT2D eigenvalue weighted by Gasteiger charge is 2.27. The number of hydrogen-bond donors (Lipinski definition) is 1. The molecule has 0 radical (unpaired) electrons. The van der Waals surface area contributed by atoms with Crippen molar-refractivity contribution in [2.75, 3.05) is 6.54 Å². The lowest BCUT2D eigenvalue weighted by molar-refractivity contribution is -0.132. The zero-order valence-electron chi connectivity index (χ0n) is 5.79. The van der Waals surface area contributed by atoms with Crippen LogP contribution in [0.4, 0.5) is 0 Å². The van der Waals surface area contributed by atoms with Crippen molar-refractivity contribution in [3.63, 3.8) is 0 Å². The molecule has 1 aliphatic rings. The molecule has 0 aromatic carbocycles. The molecule has 1 amide bonds. The summed E-state index contributed by atoms with van der Waals surface area (Å²) in [5.74, 6) is 0.0207. The topological polar surface area (TPSA) is 40.5 Å². The standard InChI is InChI=1S/C7H11NO2/c1-2-5-8-6(9)3-4-7(8)10/h2,6,9H,1,3-5H2. The molecule has 1 heterocycles. The van der Waals surface area contributed by atoms with Gasteiger partial charge in [-0.2, -0.15) is 0 Å². The van der Waals surface area contributed by atoms with Crippen LogP contribution in [0.5, 0.6) is 0 Å². The Labute approximate surface area is 59.9 Å². The molecule has 1 aliphatic heterocycles. The fraction of sp³-hybridized carbons (Fsp3) is 0.571. The molecule has 1 unspecified atom stereocenters. The number of likely N-dealkylation sites (tertiary alicyclic amines) is 1. The SMILES string of the molecule is C=CCN1C(=O)CCC1O. The van der Waals surface area contributed by atoms with Gasteiger partial charge in [-0.3, -0.25) is 4.79 Å². The van der Waals surface area contributed by atoms with Gasteiger partial charge < -0.3 is 10.0 Å². The van der Waals surface area contributed by atoms with Crippen molar-refractivity contribution < 1.29 is 9.90 Å². The first-order valence-corrected chi connectivity index (χ1v) is 3.34. The summed E-state index contributed by atoms with van der Waals surface area (Å²) in [5.41, 5.74) is 0. The van der Waals surface area contributed by atoms with E-state index in [2.05, 4.69) is 6.58 Å². The van der Waals surface area contributed by atoms with E-state index in [1.807, 2.05) is 0 Å². The highest BCUT2D eigenvalue weighted by Crippen LogP contribution is 2.15. The Hall–Kier alpha value is -0.830. The molecule has 1 saturated heterocycles. The van der Waals surface area contributed by atoms with E-state index in [1.54, 1.807) is 6.08 Å². The monoisotopic (exact) mass is 141 g/mol. The van der Waals surface area contributed by atoms with E-state index in [-0.39, 0.29) is 5.91 Å². The summed E-state index contributed by atoms with van der Waals surface area (Å²) in [6.45, 7) is 3.95. The smallest absolute Gasteiger partial charge is 0.225 e. The van der Waals surface area contributed by atoms with Gasteiger partial charge in [0.1, 0.15) is 6.23 Å². The van der Waals surface area contributed by atoms with Crippen molar-refractivity contribution in [2.45, 2.75) is 19.1 Å². The number of hydrogen-bond acceptors (Lipinski definition) is 2. The maximum atomic E-state index is 10.9. The Morgan fingerprint density at radius 2 is 2.60 bits per heavy atom. The van der Waals surface area contributed by atoms with Gasteiger partial charge in [-0.25, -0.2) is 0 Å². The lowest BCUT2D eigenvalue weighted by atomic mass is 10.4. The molecule has 0 aromatic heterocycles. The summed E-state index contributed by atoms with van der Waals surface area (Å²) in [5, 5.41) is 9.15. The van der Waals surface area contributed by atoms with E-state index in [4.69, 9.17) is 5.11 Å². The van der Waals surface area contributed by atoms with Crippen LogP contribution in [-0.4, -0.2) is 28.7 Å². The van der Waals surface area contributed by atoms with E-state index in [0.717, 1.165) is 0 Å². The fourth-order valence-electron chi connectivity index (χ4n) is 1.08.